The zero-order chi connectivity index (χ0) is 14.9. The molecule has 2 aromatic rings. The SMILES string of the molecule is CCS(=O)(=O)c1ccccc1N1CCc2ccccc2C1. The summed E-state index contributed by atoms with van der Waals surface area (Å²) in [5.74, 6) is 0.133. The first-order valence-corrected chi connectivity index (χ1v) is 8.90. The van der Waals surface area contributed by atoms with Crippen molar-refractivity contribution in [2.24, 2.45) is 0 Å². The van der Waals surface area contributed by atoms with Crippen LogP contribution in [0, 0.1) is 0 Å². The van der Waals surface area contributed by atoms with Crippen LogP contribution in [0.5, 0.6) is 0 Å². The monoisotopic (exact) mass is 301 g/mol. The summed E-state index contributed by atoms with van der Waals surface area (Å²) in [5, 5.41) is 0. The van der Waals surface area contributed by atoms with E-state index in [0.717, 1.165) is 25.2 Å². The van der Waals surface area contributed by atoms with Crippen molar-refractivity contribution >= 4 is 15.5 Å². The van der Waals surface area contributed by atoms with E-state index < -0.39 is 9.84 Å². The first-order chi connectivity index (χ1) is 10.1. The number of sulfone groups is 1. The zero-order valence-electron chi connectivity index (χ0n) is 12.1. The lowest BCUT2D eigenvalue weighted by Crippen LogP contribution is -2.31. The Bertz CT molecular complexity index is 753. The third-order valence-electron chi connectivity index (χ3n) is 4.05. The van der Waals surface area contributed by atoms with Crippen LogP contribution in [0.2, 0.25) is 0 Å². The van der Waals surface area contributed by atoms with Gasteiger partial charge in [0.15, 0.2) is 9.84 Å². The van der Waals surface area contributed by atoms with Crippen LogP contribution in [0.3, 0.4) is 0 Å². The minimum atomic E-state index is -3.20. The summed E-state index contributed by atoms with van der Waals surface area (Å²) >= 11 is 0. The molecule has 3 nitrogen and oxygen atoms in total. The summed E-state index contributed by atoms with van der Waals surface area (Å²) in [5.41, 5.74) is 3.48. The van der Waals surface area contributed by atoms with Crippen LogP contribution >= 0.6 is 0 Å². The van der Waals surface area contributed by atoms with E-state index in [4.69, 9.17) is 0 Å². The van der Waals surface area contributed by atoms with Gasteiger partial charge in [0.05, 0.1) is 16.3 Å². The molecule has 0 amide bonds. The van der Waals surface area contributed by atoms with Gasteiger partial charge in [0.25, 0.3) is 0 Å². The lowest BCUT2D eigenvalue weighted by atomic mass is 9.99. The molecule has 4 heteroatoms. The van der Waals surface area contributed by atoms with Crippen molar-refractivity contribution in [1.82, 2.24) is 0 Å². The van der Waals surface area contributed by atoms with E-state index in [9.17, 15) is 8.42 Å². The summed E-state index contributed by atoms with van der Waals surface area (Å²) in [7, 11) is -3.20. The topological polar surface area (TPSA) is 37.4 Å². The summed E-state index contributed by atoms with van der Waals surface area (Å²) in [6, 6.07) is 15.7. The highest BCUT2D eigenvalue weighted by Gasteiger charge is 2.22. The first kappa shape index (κ1) is 14.1. The molecule has 1 aliphatic heterocycles. The van der Waals surface area contributed by atoms with Crippen LogP contribution < -0.4 is 4.90 Å². The van der Waals surface area contributed by atoms with E-state index >= 15 is 0 Å². The van der Waals surface area contributed by atoms with Gasteiger partial charge in [0.1, 0.15) is 0 Å². The molecule has 0 aliphatic carbocycles. The van der Waals surface area contributed by atoms with Crippen molar-refractivity contribution in [3.63, 3.8) is 0 Å². The van der Waals surface area contributed by atoms with Crippen LogP contribution in [0.15, 0.2) is 53.4 Å². The number of benzene rings is 2. The molecule has 0 fully saturated rings. The molecule has 1 aliphatic rings. The molecule has 0 spiro atoms. The molecule has 0 saturated heterocycles. The summed E-state index contributed by atoms with van der Waals surface area (Å²) in [6.45, 7) is 3.32. The van der Waals surface area contributed by atoms with Crippen LogP contribution in [0.1, 0.15) is 18.1 Å². The highest BCUT2D eigenvalue weighted by molar-refractivity contribution is 7.91. The maximum Gasteiger partial charge on any atom is 0.180 e. The molecule has 0 radical (unpaired) electrons. The average molecular weight is 301 g/mol. The highest BCUT2D eigenvalue weighted by Crippen LogP contribution is 2.30. The molecule has 0 N–H and O–H groups in total. The fourth-order valence-electron chi connectivity index (χ4n) is 2.84. The number of rotatable bonds is 3. The number of anilines is 1. The van der Waals surface area contributed by atoms with Gasteiger partial charge in [-0.25, -0.2) is 8.42 Å². The summed E-state index contributed by atoms with van der Waals surface area (Å²) < 4.78 is 24.6. The predicted octanol–water partition coefficient (Wildman–Crippen LogP) is 3.04. The van der Waals surface area contributed by atoms with E-state index in [0.29, 0.717) is 4.90 Å². The van der Waals surface area contributed by atoms with Crippen LogP contribution in [0.4, 0.5) is 5.69 Å². The Labute approximate surface area is 126 Å². The molecule has 0 unspecified atom stereocenters. The van der Waals surface area contributed by atoms with Crippen molar-refractivity contribution in [3.05, 3.63) is 59.7 Å². The molecule has 21 heavy (non-hydrogen) atoms. The van der Waals surface area contributed by atoms with E-state index in [1.54, 1.807) is 19.1 Å². The third-order valence-corrected chi connectivity index (χ3v) is 5.83. The molecule has 0 aromatic heterocycles. The second-order valence-corrected chi connectivity index (χ2v) is 7.56. The maximum absolute atomic E-state index is 12.3. The van der Waals surface area contributed by atoms with Gasteiger partial charge in [-0.1, -0.05) is 43.3 Å². The first-order valence-electron chi connectivity index (χ1n) is 7.25. The molecular weight excluding hydrogens is 282 g/mol. The minimum absolute atomic E-state index is 0.133. The minimum Gasteiger partial charge on any atom is -0.366 e. The van der Waals surface area contributed by atoms with E-state index in [2.05, 4.69) is 23.1 Å². The van der Waals surface area contributed by atoms with Crippen molar-refractivity contribution < 1.29 is 8.42 Å². The Balaban J connectivity index is 2.00. The van der Waals surface area contributed by atoms with E-state index in [1.807, 2.05) is 18.2 Å². The van der Waals surface area contributed by atoms with Gasteiger partial charge in [-0.3, -0.25) is 0 Å². The largest absolute Gasteiger partial charge is 0.366 e. The lowest BCUT2D eigenvalue weighted by Gasteiger charge is -2.32. The second kappa shape index (κ2) is 5.53. The average Bonchev–Trinajstić information content (AvgIpc) is 2.54. The Morgan fingerprint density at radius 3 is 2.43 bits per heavy atom. The van der Waals surface area contributed by atoms with E-state index in [1.165, 1.54) is 11.1 Å². The third kappa shape index (κ3) is 2.68. The maximum atomic E-state index is 12.3. The zero-order valence-corrected chi connectivity index (χ0v) is 12.9. The Kier molecular flexibility index (Phi) is 3.72. The highest BCUT2D eigenvalue weighted by atomic mass is 32.2. The Morgan fingerprint density at radius 1 is 1.00 bits per heavy atom. The fourth-order valence-corrected chi connectivity index (χ4v) is 3.95. The van der Waals surface area contributed by atoms with Gasteiger partial charge >= 0.3 is 0 Å². The predicted molar refractivity (Wildman–Crippen MR) is 85.4 cm³/mol. The van der Waals surface area contributed by atoms with Crippen molar-refractivity contribution in [1.29, 1.82) is 0 Å². The number of hydrogen-bond acceptors (Lipinski definition) is 3. The molecule has 1 heterocycles. The lowest BCUT2D eigenvalue weighted by molar-refractivity contribution is 0.596. The van der Waals surface area contributed by atoms with Crippen molar-refractivity contribution in [2.45, 2.75) is 24.8 Å². The Morgan fingerprint density at radius 2 is 1.67 bits per heavy atom. The van der Waals surface area contributed by atoms with Gasteiger partial charge in [0.2, 0.25) is 0 Å². The molecule has 3 rings (SSSR count). The quantitative estimate of drug-likeness (QED) is 0.874. The number of hydrogen-bond donors (Lipinski definition) is 0. The molecule has 0 atom stereocenters. The Hall–Kier alpha value is -1.81. The normalized spacial score (nSPS) is 14.8. The van der Waals surface area contributed by atoms with Gasteiger partial charge in [-0.05, 0) is 29.7 Å². The van der Waals surface area contributed by atoms with Crippen LogP contribution in [-0.4, -0.2) is 20.7 Å². The van der Waals surface area contributed by atoms with E-state index in [-0.39, 0.29) is 5.75 Å². The number of fused-ring (bicyclic) bond motifs is 1. The molecule has 0 bridgehead atoms. The molecule has 2 aromatic carbocycles. The van der Waals surface area contributed by atoms with Crippen molar-refractivity contribution in [2.75, 3.05) is 17.2 Å². The number of nitrogens with zero attached hydrogens (tertiary/aromatic N) is 1. The van der Waals surface area contributed by atoms with Gasteiger partial charge in [-0.2, -0.15) is 0 Å². The molecule has 0 saturated carbocycles. The van der Waals surface area contributed by atoms with Crippen LogP contribution in [0.25, 0.3) is 0 Å². The fraction of sp³-hybridized carbons (Fsp3) is 0.294. The molecule has 110 valence electrons. The van der Waals surface area contributed by atoms with Gasteiger partial charge in [-0.15, -0.1) is 0 Å². The smallest absolute Gasteiger partial charge is 0.180 e. The van der Waals surface area contributed by atoms with Gasteiger partial charge in [0, 0.05) is 13.1 Å². The summed E-state index contributed by atoms with van der Waals surface area (Å²) in [4.78, 5) is 2.62. The van der Waals surface area contributed by atoms with Crippen molar-refractivity contribution in [3.8, 4) is 0 Å². The number of para-hydroxylation sites is 1. The van der Waals surface area contributed by atoms with Gasteiger partial charge < -0.3 is 4.90 Å². The standard InChI is InChI=1S/C17H19NO2S/c1-2-21(19,20)17-10-6-5-9-16(17)18-12-11-14-7-3-4-8-15(14)13-18/h3-10H,2,11-13H2,1H3. The molecular formula is C17H19NO2S. The summed E-state index contributed by atoms with van der Waals surface area (Å²) in [6.07, 6.45) is 0.955. The second-order valence-electron chi connectivity index (χ2n) is 5.31. The van der Waals surface area contributed by atoms with Crippen LogP contribution in [-0.2, 0) is 22.8 Å².